The lowest BCUT2D eigenvalue weighted by Crippen LogP contribution is -2.53. The molecule has 5 unspecified atom stereocenters. The Morgan fingerprint density at radius 2 is 1.92 bits per heavy atom. The maximum absolute atomic E-state index is 11.2. The summed E-state index contributed by atoms with van der Waals surface area (Å²) in [7, 11) is 0. The highest BCUT2D eigenvalue weighted by atomic mass is 32.1. The van der Waals surface area contributed by atoms with Gasteiger partial charge >= 0.3 is 0 Å². The van der Waals surface area contributed by atoms with E-state index in [9.17, 15) is 10.4 Å². The molecule has 0 saturated carbocycles. The van der Waals surface area contributed by atoms with Gasteiger partial charge in [-0.25, -0.2) is 9.97 Å². The lowest BCUT2D eigenvalue weighted by atomic mass is 9.63. The zero-order chi connectivity index (χ0) is 33.4. The van der Waals surface area contributed by atoms with Crippen molar-refractivity contribution in [3.05, 3.63) is 32.9 Å². The molecule has 48 heavy (non-hydrogen) atoms. The Hall–Kier alpha value is -3.73. The van der Waals surface area contributed by atoms with Gasteiger partial charge < -0.3 is 30.3 Å². The van der Waals surface area contributed by atoms with Gasteiger partial charge in [0.1, 0.15) is 34.9 Å². The minimum atomic E-state index is -0.907. The SMILES string of the molecule is CC(Nc1nc(-c2noc3c2CCCC32CCCc3sc(N)c(C#N)c32)nc2c1C(=N)OCC1CCC(C)(O)CN21)C(C)N1CCCC1. The highest BCUT2D eigenvalue weighted by Crippen LogP contribution is 2.55. The van der Waals surface area contributed by atoms with Crippen molar-refractivity contribution in [3.8, 4) is 17.6 Å². The number of ether oxygens (including phenoxy) is 1. The van der Waals surface area contributed by atoms with Crippen LogP contribution in [0.3, 0.4) is 0 Å². The molecular weight excluding hydrogens is 627 g/mol. The minimum Gasteiger partial charge on any atom is -0.475 e. The number of nitrogens with two attached hydrogens (primary N) is 1. The number of nitriles is 1. The smallest absolute Gasteiger partial charge is 0.220 e. The number of aryl methyl sites for hydroxylation is 1. The molecule has 0 amide bonds. The number of hydrogen-bond acceptors (Lipinski definition) is 13. The van der Waals surface area contributed by atoms with E-state index in [4.69, 9.17) is 35.5 Å². The molecule has 254 valence electrons. The number of nitrogens with zero attached hydrogens (tertiary/aromatic N) is 6. The fraction of sp³-hybridized carbons (Fsp3) is 0.629. The molecule has 8 rings (SSSR count). The zero-order valence-corrected chi connectivity index (χ0v) is 28.9. The first-order valence-electron chi connectivity index (χ1n) is 17.5. The van der Waals surface area contributed by atoms with Gasteiger partial charge in [0.15, 0.2) is 17.3 Å². The van der Waals surface area contributed by atoms with Crippen LogP contribution in [-0.4, -0.2) is 81.0 Å². The van der Waals surface area contributed by atoms with Crippen molar-refractivity contribution < 1.29 is 14.4 Å². The molecule has 2 aliphatic carbocycles. The third-order valence-corrected chi connectivity index (χ3v) is 12.7. The molecule has 13 heteroatoms. The number of rotatable bonds is 5. The standard InChI is InChI=1S/C35H45N9O3S/c1-19(20(2)43-14-4-5-15-43)39-31-25-29(37)46-17-21-10-13-34(3,45)18-44(21)33(25)41-32(40-31)27-22-8-6-11-35(28(22)47-42-27)12-7-9-24-26(35)23(16-36)30(38)48-24/h19-21,37,45H,4-15,17-18,38H2,1-3H3,(H,39,40,41). The molecule has 1 spiro atoms. The fourth-order valence-electron chi connectivity index (χ4n) is 8.98. The minimum absolute atomic E-state index is 0.0230. The molecule has 3 aromatic rings. The Morgan fingerprint density at radius 1 is 1.15 bits per heavy atom. The van der Waals surface area contributed by atoms with Crippen molar-refractivity contribution in [2.75, 3.05) is 42.2 Å². The number of hydrogen-bond donors (Lipinski definition) is 4. The molecule has 2 fully saturated rings. The number of nitrogen functional groups attached to an aromatic ring is 1. The fourth-order valence-corrected chi connectivity index (χ4v) is 10.1. The molecule has 5 atom stereocenters. The molecule has 0 radical (unpaired) electrons. The number of likely N-dealkylation sites (tertiary alicyclic amines) is 1. The Morgan fingerprint density at radius 3 is 2.69 bits per heavy atom. The average molecular weight is 672 g/mol. The molecule has 3 aliphatic heterocycles. The molecule has 3 aromatic heterocycles. The van der Waals surface area contributed by atoms with E-state index in [1.165, 1.54) is 29.1 Å². The predicted molar refractivity (Wildman–Crippen MR) is 185 cm³/mol. The van der Waals surface area contributed by atoms with Crippen LogP contribution in [0.5, 0.6) is 0 Å². The number of piperidine rings is 1. The maximum Gasteiger partial charge on any atom is 0.220 e. The normalized spacial score (nSPS) is 28.0. The van der Waals surface area contributed by atoms with Crippen molar-refractivity contribution in [1.82, 2.24) is 20.0 Å². The van der Waals surface area contributed by atoms with Crippen molar-refractivity contribution >= 4 is 33.9 Å². The van der Waals surface area contributed by atoms with Crippen molar-refractivity contribution in [1.29, 1.82) is 10.7 Å². The summed E-state index contributed by atoms with van der Waals surface area (Å²) in [5, 5.41) is 39.4. The van der Waals surface area contributed by atoms with Gasteiger partial charge in [0.25, 0.3) is 0 Å². The van der Waals surface area contributed by atoms with Crippen LogP contribution in [0.15, 0.2) is 4.52 Å². The quantitative estimate of drug-likeness (QED) is 0.289. The van der Waals surface area contributed by atoms with E-state index in [1.807, 2.05) is 6.92 Å². The second-order valence-corrected chi connectivity index (χ2v) is 16.0. The van der Waals surface area contributed by atoms with Crippen molar-refractivity contribution in [2.45, 2.75) is 114 Å². The second kappa shape index (κ2) is 11.7. The number of thiophene rings is 1. The van der Waals surface area contributed by atoms with Crippen LogP contribution >= 0.6 is 11.3 Å². The molecule has 2 saturated heterocycles. The third kappa shape index (κ3) is 4.98. The summed E-state index contributed by atoms with van der Waals surface area (Å²) < 4.78 is 12.4. The van der Waals surface area contributed by atoms with E-state index >= 15 is 0 Å². The number of aromatic nitrogens is 3. The van der Waals surface area contributed by atoms with Gasteiger partial charge in [0, 0.05) is 29.1 Å². The van der Waals surface area contributed by atoms with Gasteiger partial charge in [-0.05, 0) is 104 Å². The van der Waals surface area contributed by atoms with Gasteiger partial charge in [-0.15, -0.1) is 11.3 Å². The summed E-state index contributed by atoms with van der Waals surface area (Å²) in [6.45, 7) is 9.12. The van der Waals surface area contributed by atoms with E-state index in [1.54, 1.807) is 0 Å². The predicted octanol–water partition coefficient (Wildman–Crippen LogP) is 4.97. The number of anilines is 3. The molecule has 0 aromatic carbocycles. The summed E-state index contributed by atoms with van der Waals surface area (Å²) in [5.41, 5.74) is 8.72. The van der Waals surface area contributed by atoms with Gasteiger partial charge in [0.2, 0.25) is 5.90 Å². The van der Waals surface area contributed by atoms with Crippen LogP contribution in [0, 0.1) is 16.7 Å². The first-order valence-corrected chi connectivity index (χ1v) is 18.4. The number of nitrogens with one attached hydrogen (secondary N) is 2. The van der Waals surface area contributed by atoms with Crippen LogP contribution in [0.2, 0.25) is 0 Å². The molecule has 5 N–H and O–H groups in total. The number of aliphatic hydroxyl groups is 1. The zero-order valence-electron chi connectivity index (χ0n) is 28.1. The maximum atomic E-state index is 11.2. The van der Waals surface area contributed by atoms with E-state index in [0.717, 1.165) is 74.9 Å². The van der Waals surface area contributed by atoms with Crippen LogP contribution in [0.1, 0.15) is 105 Å². The molecule has 6 heterocycles. The highest BCUT2D eigenvalue weighted by molar-refractivity contribution is 7.16. The van der Waals surface area contributed by atoms with Crippen molar-refractivity contribution in [2.24, 2.45) is 0 Å². The first-order chi connectivity index (χ1) is 23.1. The largest absolute Gasteiger partial charge is 0.475 e. The second-order valence-electron chi connectivity index (χ2n) is 14.8. The van der Waals surface area contributed by atoms with Crippen LogP contribution in [0.25, 0.3) is 11.5 Å². The lowest BCUT2D eigenvalue weighted by Gasteiger charge is -2.42. The molecule has 0 bridgehead atoms. The summed E-state index contributed by atoms with van der Waals surface area (Å²) in [6.07, 6.45) is 9.09. The van der Waals surface area contributed by atoms with Crippen LogP contribution < -0.4 is 16.0 Å². The topological polar surface area (TPSA) is 173 Å². The first kappa shape index (κ1) is 31.5. The lowest BCUT2D eigenvalue weighted by molar-refractivity contribution is 0.0318. The Bertz CT molecular complexity index is 1800. The summed E-state index contributed by atoms with van der Waals surface area (Å²) in [6, 6.07) is 2.64. The van der Waals surface area contributed by atoms with Crippen LogP contribution in [-0.2, 0) is 23.0 Å². The summed E-state index contributed by atoms with van der Waals surface area (Å²) >= 11 is 1.53. The van der Waals surface area contributed by atoms with Crippen molar-refractivity contribution in [3.63, 3.8) is 0 Å². The van der Waals surface area contributed by atoms with E-state index in [2.05, 4.69) is 35.0 Å². The van der Waals surface area contributed by atoms with Gasteiger partial charge in [-0.3, -0.25) is 10.3 Å². The van der Waals surface area contributed by atoms with Crippen LogP contribution in [0.4, 0.5) is 16.6 Å². The van der Waals surface area contributed by atoms with E-state index in [0.29, 0.717) is 58.9 Å². The Kier molecular flexibility index (Phi) is 7.69. The highest BCUT2D eigenvalue weighted by Gasteiger charge is 2.49. The summed E-state index contributed by atoms with van der Waals surface area (Å²) in [5.74, 6) is 2.38. The Labute approximate surface area is 285 Å². The number of fused-ring (bicyclic) bond motifs is 7. The monoisotopic (exact) mass is 671 g/mol. The van der Waals surface area contributed by atoms with E-state index in [-0.39, 0.29) is 24.0 Å². The summed E-state index contributed by atoms with van der Waals surface area (Å²) in [4.78, 5) is 16.1. The van der Waals surface area contributed by atoms with Gasteiger partial charge in [-0.1, -0.05) is 5.16 Å². The molecular formula is C35H45N9O3S. The molecule has 12 nitrogen and oxygen atoms in total. The van der Waals surface area contributed by atoms with E-state index < -0.39 is 11.0 Å². The third-order valence-electron chi connectivity index (χ3n) is 11.7. The Balaban J connectivity index is 1.27. The average Bonchev–Trinajstić information content (AvgIpc) is 3.81. The van der Waals surface area contributed by atoms with Gasteiger partial charge in [0.05, 0.1) is 22.6 Å². The van der Waals surface area contributed by atoms with Gasteiger partial charge in [-0.2, -0.15) is 5.26 Å². The molecule has 5 aliphatic rings.